The molecule has 3 aliphatic rings. The number of phenolic OH excluding ortho intramolecular Hbond substituents is 1. The van der Waals surface area contributed by atoms with Crippen LogP contribution in [0.2, 0.25) is 5.02 Å². The third-order valence-corrected chi connectivity index (χ3v) is 10.5. The molecule has 0 saturated carbocycles. The largest absolute Gasteiger partial charge is 0.506 e. The lowest BCUT2D eigenvalue weighted by Crippen LogP contribution is -2.51. The van der Waals surface area contributed by atoms with E-state index in [0.29, 0.717) is 37.8 Å². The van der Waals surface area contributed by atoms with Gasteiger partial charge in [-0.05, 0) is 69.9 Å². The maximum atomic E-state index is 14.0. The number of hydrogen-bond acceptors (Lipinski definition) is 8. The first-order chi connectivity index (χ1) is 24.4. The molecule has 2 aromatic carbocycles. The number of carbonyl (C=O) groups is 2. The maximum absolute atomic E-state index is 14.0. The Morgan fingerprint density at radius 2 is 1.63 bits per heavy atom. The first-order valence-corrected chi connectivity index (χ1v) is 17.7. The maximum Gasteiger partial charge on any atom is 0.420 e. The molecule has 0 radical (unpaired) electrons. The number of H-pyrrole nitrogens is 1. The molecule has 1 aromatic heterocycles. The molecule has 12 nitrogen and oxygen atoms in total. The highest BCUT2D eigenvalue weighted by Crippen LogP contribution is 2.40. The summed E-state index contributed by atoms with van der Waals surface area (Å²) in [7, 11) is 2.11. The van der Waals surface area contributed by atoms with Gasteiger partial charge in [-0.3, -0.25) is 14.7 Å². The molecule has 4 heterocycles. The standard InChI is InChI=1S/C35H43ClF3N7O5/c1-42-12-5-13-43(19-18-42)25-8-14-44(15-9-25)32(48)29(22-23-20-27(35(37,38)39)30(47)28(36)21-23)51-34(50)45-16-10-26(11-17-45)46-33(49)40-31(41-46)24-6-3-2-4-7-24/h2-4,6-7,20-21,25-26,29,47H,5,8-19,22H2,1H3,(H,40,41,49)/t29-/m1/s1. The lowest BCUT2D eigenvalue weighted by Gasteiger charge is -2.39. The van der Waals surface area contributed by atoms with Crippen LogP contribution < -0.4 is 5.69 Å². The topological polar surface area (TPSA) is 127 Å². The Balaban J connectivity index is 1.14. The Bertz CT molecular complexity index is 1740. The number of aromatic hydroxyl groups is 1. The summed E-state index contributed by atoms with van der Waals surface area (Å²) in [6.45, 7) is 5.19. The van der Waals surface area contributed by atoms with Gasteiger partial charge in [-0.25, -0.2) is 14.3 Å². The Morgan fingerprint density at radius 3 is 2.31 bits per heavy atom. The Labute approximate surface area is 298 Å². The van der Waals surface area contributed by atoms with Gasteiger partial charge in [0.1, 0.15) is 5.75 Å². The number of piperidine rings is 2. The Kier molecular flexibility index (Phi) is 11.3. The molecule has 0 unspecified atom stereocenters. The normalized spacial score (nSPS) is 19.5. The molecule has 3 fully saturated rings. The number of likely N-dealkylation sites (N-methyl/N-ethyl adjacent to an activating group) is 1. The summed E-state index contributed by atoms with van der Waals surface area (Å²) in [5.41, 5.74) is -0.942. The van der Waals surface area contributed by atoms with E-state index < -0.39 is 40.6 Å². The van der Waals surface area contributed by atoms with Crippen LogP contribution in [0, 0.1) is 0 Å². The number of alkyl halides is 3. The summed E-state index contributed by atoms with van der Waals surface area (Å²) in [6.07, 6.45) is -4.16. The smallest absolute Gasteiger partial charge is 0.420 e. The highest BCUT2D eigenvalue weighted by molar-refractivity contribution is 6.32. The number of hydrogen-bond donors (Lipinski definition) is 2. The molecule has 0 aliphatic carbocycles. The molecule has 16 heteroatoms. The number of rotatable bonds is 7. The van der Waals surface area contributed by atoms with Gasteiger partial charge >= 0.3 is 18.0 Å². The first kappa shape index (κ1) is 36.7. The van der Waals surface area contributed by atoms with Gasteiger partial charge in [-0.2, -0.15) is 13.2 Å². The number of aromatic amines is 1. The van der Waals surface area contributed by atoms with Gasteiger partial charge in [0, 0.05) is 57.3 Å². The average molecular weight is 734 g/mol. The summed E-state index contributed by atoms with van der Waals surface area (Å²) in [5, 5.41) is 14.0. The van der Waals surface area contributed by atoms with E-state index in [1.54, 1.807) is 4.90 Å². The van der Waals surface area contributed by atoms with Gasteiger partial charge < -0.3 is 24.5 Å². The highest BCUT2D eigenvalue weighted by atomic mass is 35.5. The third kappa shape index (κ3) is 8.70. The van der Waals surface area contributed by atoms with Crippen LogP contribution in [0.15, 0.2) is 47.3 Å². The van der Waals surface area contributed by atoms with Gasteiger partial charge in [0.2, 0.25) is 0 Å². The van der Waals surface area contributed by atoms with Crippen LogP contribution in [-0.4, -0.2) is 123 Å². The SMILES string of the molecule is CN1CCCN(C2CCN(C(=O)[C@@H](Cc3cc(Cl)c(O)c(C(F)(F)F)c3)OC(=O)N3CCC(n4nc(-c5ccccc5)[nH]c4=O)CC3)CC2)CC1. The van der Waals surface area contributed by atoms with Crippen molar-refractivity contribution in [2.75, 3.05) is 59.4 Å². The van der Waals surface area contributed by atoms with Gasteiger partial charge in [-0.15, -0.1) is 5.10 Å². The van der Waals surface area contributed by atoms with Crippen LogP contribution in [0.25, 0.3) is 11.4 Å². The summed E-state index contributed by atoms with van der Waals surface area (Å²) in [5.74, 6) is -1.17. The number of halogens is 4. The monoisotopic (exact) mass is 733 g/mol. The molecule has 6 rings (SSSR count). The fourth-order valence-corrected chi connectivity index (χ4v) is 7.51. The molecule has 0 spiro atoms. The summed E-state index contributed by atoms with van der Waals surface area (Å²) in [6, 6.07) is 11.1. The number of carbonyl (C=O) groups excluding carboxylic acids is 2. The number of nitrogens with zero attached hydrogens (tertiary/aromatic N) is 6. The Morgan fingerprint density at radius 1 is 0.961 bits per heavy atom. The van der Waals surface area contributed by atoms with Crippen molar-refractivity contribution in [2.45, 2.75) is 62.9 Å². The van der Waals surface area contributed by atoms with Crippen LogP contribution in [0.3, 0.4) is 0 Å². The Hall–Kier alpha value is -4.08. The van der Waals surface area contributed by atoms with Gasteiger partial charge in [0.05, 0.1) is 16.6 Å². The van der Waals surface area contributed by atoms with Crippen molar-refractivity contribution in [1.82, 2.24) is 34.4 Å². The van der Waals surface area contributed by atoms with Crippen molar-refractivity contribution in [2.24, 2.45) is 0 Å². The lowest BCUT2D eigenvalue weighted by molar-refractivity contribution is -0.142. The molecule has 3 saturated heterocycles. The van der Waals surface area contributed by atoms with Gasteiger partial charge in [0.15, 0.2) is 11.9 Å². The lowest BCUT2D eigenvalue weighted by atomic mass is 10.00. The number of benzene rings is 2. The van der Waals surface area contributed by atoms with Crippen LogP contribution in [0.1, 0.15) is 49.3 Å². The zero-order valence-corrected chi connectivity index (χ0v) is 29.2. The van der Waals surface area contributed by atoms with Gasteiger partial charge in [0.25, 0.3) is 5.91 Å². The number of likely N-dealkylation sites (tertiary alicyclic amines) is 2. The number of phenols is 1. The number of aromatic nitrogens is 3. The number of nitrogens with one attached hydrogen (secondary N) is 1. The van der Waals surface area contributed by atoms with Crippen LogP contribution in [-0.2, 0) is 22.1 Å². The minimum atomic E-state index is -4.90. The molecule has 3 aromatic rings. The van der Waals surface area contributed by atoms with Crippen molar-refractivity contribution in [3.8, 4) is 17.1 Å². The van der Waals surface area contributed by atoms with E-state index in [1.165, 1.54) is 9.58 Å². The van der Waals surface area contributed by atoms with E-state index in [1.807, 2.05) is 30.3 Å². The quantitative estimate of drug-likeness (QED) is 0.360. The second-order valence-corrected chi connectivity index (χ2v) is 14.0. The summed E-state index contributed by atoms with van der Waals surface area (Å²) >= 11 is 5.99. The fourth-order valence-electron chi connectivity index (χ4n) is 7.27. The van der Waals surface area contributed by atoms with E-state index in [2.05, 4.69) is 26.9 Å². The minimum absolute atomic E-state index is 0.00863. The van der Waals surface area contributed by atoms with E-state index in [9.17, 15) is 32.7 Å². The van der Waals surface area contributed by atoms with E-state index in [4.69, 9.17) is 16.3 Å². The molecule has 2 amide bonds. The third-order valence-electron chi connectivity index (χ3n) is 10.2. The highest BCUT2D eigenvalue weighted by Gasteiger charge is 2.38. The van der Waals surface area contributed by atoms with Crippen molar-refractivity contribution in [3.63, 3.8) is 0 Å². The van der Waals surface area contributed by atoms with Crippen LogP contribution >= 0.6 is 11.6 Å². The molecule has 51 heavy (non-hydrogen) atoms. The molecule has 1 atom stereocenters. The van der Waals surface area contributed by atoms with Crippen LogP contribution in [0.4, 0.5) is 18.0 Å². The molecule has 3 aliphatic heterocycles. The second kappa shape index (κ2) is 15.7. The molecule has 0 bridgehead atoms. The molecular formula is C35H43ClF3N7O5. The predicted octanol–water partition coefficient (Wildman–Crippen LogP) is 4.63. The van der Waals surface area contributed by atoms with E-state index in [0.717, 1.165) is 63.1 Å². The zero-order valence-electron chi connectivity index (χ0n) is 28.4. The minimum Gasteiger partial charge on any atom is -0.506 e. The van der Waals surface area contributed by atoms with Crippen molar-refractivity contribution in [1.29, 1.82) is 0 Å². The van der Waals surface area contributed by atoms with Crippen LogP contribution in [0.5, 0.6) is 5.75 Å². The van der Waals surface area contributed by atoms with Gasteiger partial charge in [-0.1, -0.05) is 41.9 Å². The zero-order chi connectivity index (χ0) is 36.3. The summed E-state index contributed by atoms with van der Waals surface area (Å²) < 4.78 is 48.4. The molecular weight excluding hydrogens is 691 g/mol. The molecule has 276 valence electrons. The van der Waals surface area contributed by atoms with E-state index >= 15 is 0 Å². The van der Waals surface area contributed by atoms with E-state index in [-0.39, 0.29) is 36.8 Å². The van der Waals surface area contributed by atoms with Crippen molar-refractivity contribution in [3.05, 3.63) is 69.1 Å². The predicted molar refractivity (Wildman–Crippen MR) is 184 cm³/mol. The molecule has 2 N–H and O–H groups in total. The average Bonchev–Trinajstić information content (AvgIpc) is 3.38. The number of amides is 2. The fraction of sp³-hybridized carbons (Fsp3) is 0.543. The number of ether oxygens (including phenoxy) is 1. The second-order valence-electron chi connectivity index (χ2n) is 13.6. The first-order valence-electron chi connectivity index (χ1n) is 17.4. The summed E-state index contributed by atoms with van der Waals surface area (Å²) in [4.78, 5) is 50.9. The van der Waals surface area contributed by atoms with Crippen molar-refractivity contribution >= 4 is 23.6 Å². The van der Waals surface area contributed by atoms with Crippen molar-refractivity contribution < 1.29 is 32.6 Å².